The van der Waals surface area contributed by atoms with Crippen LogP contribution in [0.1, 0.15) is 27.0 Å². The van der Waals surface area contributed by atoms with Crippen molar-refractivity contribution in [2.75, 3.05) is 0 Å². The standard InChI is InChI=1S/C21H20N4O2/c22-24-19(26)17-13-7-8-14-18(17)21(20(27)25-23,15-9-3-1-4-10-15)16-11-5-2-6-12-16/h1-14H,22-23H2,(H,24,26)(H,25,27). The highest BCUT2D eigenvalue weighted by Gasteiger charge is 2.45. The summed E-state index contributed by atoms with van der Waals surface area (Å²) in [5, 5.41) is 0. The van der Waals surface area contributed by atoms with Gasteiger partial charge >= 0.3 is 0 Å². The van der Waals surface area contributed by atoms with E-state index < -0.39 is 17.2 Å². The van der Waals surface area contributed by atoms with Crippen molar-refractivity contribution in [1.82, 2.24) is 10.9 Å². The van der Waals surface area contributed by atoms with Crippen LogP contribution in [0.25, 0.3) is 0 Å². The highest BCUT2D eigenvalue weighted by atomic mass is 16.2. The Morgan fingerprint density at radius 2 is 1.15 bits per heavy atom. The molecule has 0 fully saturated rings. The molecule has 6 N–H and O–H groups in total. The van der Waals surface area contributed by atoms with Gasteiger partial charge in [-0.3, -0.25) is 20.4 Å². The first kappa shape index (κ1) is 18.3. The summed E-state index contributed by atoms with van der Waals surface area (Å²) in [5.74, 6) is 10.0. The molecule has 3 aromatic carbocycles. The van der Waals surface area contributed by atoms with Gasteiger partial charge in [0.15, 0.2) is 0 Å². The second-order valence-corrected chi connectivity index (χ2v) is 5.97. The lowest BCUT2D eigenvalue weighted by atomic mass is 9.67. The Kier molecular flexibility index (Phi) is 5.30. The van der Waals surface area contributed by atoms with E-state index in [9.17, 15) is 9.59 Å². The summed E-state index contributed by atoms with van der Waals surface area (Å²) < 4.78 is 0. The van der Waals surface area contributed by atoms with Crippen LogP contribution in [0.3, 0.4) is 0 Å². The van der Waals surface area contributed by atoms with E-state index in [-0.39, 0.29) is 5.56 Å². The van der Waals surface area contributed by atoms with Gasteiger partial charge in [0.25, 0.3) is 11.8 Å². The van der Waals surface area contributed by atoms with E-state index in [1.54, 1.807) is 24.3 Å². The SMILES string of the molecule is NNC(=O)c1ccccc1C(C(=O)NN)(c1ccccc1)c1ccccc1. The van der Waals surface area contributed by atoms with Crippen LogP contribution in [0.2, 0.25) is 0 Å². The number of rotatable bonds is 5. The van der Waals surface area contributed by atoms with Crippen molar-refractivity contribution in [2.45, 2.75) is 5.41 Å². The molecule has 3 aromatic rings. The molecule has 0 heterocycles. The fourth-order valence-electron chi connectivity index (χ4n) is 3.43. The summed E-state index contributed by atoms with van der Waals surface area (Å²) in [5.41, 5.74) is 5.23. The van der Waals surface area contributed by atoms with Crippen LogP contribution in [0.5, 0.6) is 0 Å². The summed E-state index contributed by atoms with van der Waals surface area (Å²) in [6.07, 6.45) is 0. The van der Waals surface area contributed by atoms with Gasteiger partial charge in [0.2, 0.25) is 0 Å². The first-order valence-corrected chi connectivity index (χ1v) is 8.38. The van der Waals surface area contributed by atoms with E-state index in [2.05, 4.69) is 10.9 Å². The maximum atomic E-state index is 13.3. The number of carbonyl (C=O) groups excluding carboxylic acids is 2. The molecule has 0 aromatic heterocycles. The smallest absolute Gasteiger partial charge is 0.265 e. The molecule has 0 aliphatic carbocycles. The average Bonchev–Trinajstić information content (AvgIpc) is 2.75. The zero-order valence-corrected chi connectivity index (χ0v) is 14.6. The van der Waals surface area contributed by atoms with Gasteiger partial charge in [-0.15, -0.1) is 0 Å². The Morgan fingerprint density at radius 1 is 0.667 bits per heavy atom. The molecule has 136 valence electrons. The Morgan fingerprint density at radius 3 is 1.63 bits per heavy atom. The minimum absolute atomic E-state index is 0.288. The predicted octanol–water partition coefficient (Wildman–Crippen LogP) is 1.61. The van der Waals surface area contributed by atoms with Gasteiger partial charge in [0.1, 0.15) is 5.41 Å². The van der Waals surface area contributed by atoms with E-state index in [1.807, 2.05) is 60.7 Å². The summed E-state index contributed by atoms with van der Waals surface area (Å²) >= 11 is 0. The topological polar surface area (TPSA) is 110 Å². The number of hydrogen-bond acceptors (Lipinski definition) is 4. The first-order chi connectivity index (χ1) is 13.2. The molecule has 0 atom stereocenters. The fraction of sp³-hybridized carbons (Fsp3) is 0.0476. The van der Waals surface area contributed by atoms with E-state index >= 15 is 0 Å². The summed E-state index contributed by atoms with van der Waals surface area (Å²) in [6.45, 7) is 0. The molecule has 0 saturated heterocycles. The molecular formula is C21H20N4O2. The number of amides is 2. The number of hydrogen-bond donors (Lipinski definition) is 4. The van der Waals surface area contributed by atoms with E-state index in [0.29, 0.717) is 16.7 Å². The zero-order valence-electron chi connectivity index (χ0n) is 14.6. The molecule has 6 heteroatoms. The van der Waals surface area contributed by atoms with Gasteiger partial charge in [-0.05, 0) is 22.8 Å². The molecule has 0 aliphatic rings. The second-order valence-electron chi connectivity index (χ2n) is 5.97. The summed E-state index contributed by atoms with van der Waals surface area (Å²) in [4.78, 5) is 25.8. The predicted molar refractivity (Wildman–Crippen MR) is 103 cm³/mol. The molecule has 3 rings (SSSR count). The van der Waals surface area contributed by atoms with Crippen LogP contribution in [-0.4, -0.2) is 11.8 Å². The molecule has 6 nitrogen and oxygen atoms in total. The lowest BCUT2D eigenvalue weighted by Crippen LogP contribution is -2.50. The van der Waals surface area contributed by atoms with Crippen molar-refractivity contribution in [2.24, 2.45) is 11.7 Å². The van der Waals surface area contributed by atoms with Crippen molar-refractivity contribution >= 4 is 11.8 Å². The zero-order chi connectivity index (χ0) is 19.3. The van der Waals surface area contributed by atoms with Crippen LogP contribution >= 0.6 is 0 Å². The lowest BCUT2D eigenvalue weighted by Gasteiger charge is -2.35. The summed E-state index contributed by atoms with van der Waals surface area (Å²) in [6, 6.07) is 25.2. The number of nitrogens with one attached hydrogen (secondary N) is 2. The molecule has 27 heavy (non-hydrogen) atoms. The van der Waals surface area contributed by atoms with Gasteiger partial charge in [-0.2, -0.15) is 0 Å². The van der Waals surface area contributed by atoms with Crippen LogP contribution < -0.4 is 22.5 Å². The van der Waals surface area contributed by atoms with E-state index in [4.69, 9.17) is 11.7 Å². The Hall–Kier alpha value is -3.48. The van der Waals surface area contributed by atoms with Crippen molar-refractivity contribution in [3.63, 3.8) is 0 Å². The number of carbonyl (C=O) groups is 2. The van der Waals surface area contributed by atoms with Crippen LogP contribution in [0.15, 0.2) is 84.9 Å². The third-order valence-electron chi connectivity index (χ3n) is 4.59. The van der Waals surface area contributed by atoms with E-state index in [1.165, 1.54) is 0 Å². The molecule has 0 spiro atoms. The van der Waals surface area contributed by atoms with Crippen LogP contribution in [-0.2, 0) is 10.2 Å². The monoisotopic (exact) mass is 360 g/mol. The minimum Gasteiger partial charge on any atom is -0.293 e. The molecule has 2 amide bonds. The lowest BCUT2D eigenvalue weighted by molar-refractivity contribution is -0.124. The van der Waals surface area contributed by atoms with Crippen molar-refractivity contribution in [1.29, 1.82) is 0 Å². The first-order valence-electron chi connectivity index (χ1n) is 8.38. The fourth-order valence-corrected chi connectivity index (χ4v) is 3.43. The minimum atomic E-state index is -1.33. The van der Waals surface area contributed by atoms with Gasteiger partial charge in [-0.1, -0.05) is 78.9 Å². The highest BCUT2D eigenvalue weighted by Crippen LogP contribution is 2.41. The Balaban J connectivity index is 2.46. The van der Waals surface area contributed by atoms with E-state index in [0.717, 1.165) is 0 Å². The average molecular weight is 360 g/mol. The normalized spacial score (nSPS) is 10.9. The molecule has 0 bridgehead atoms. The van der Waals surface area contributed by atoms with Crippen LogP contribution in [0.4, 0.5) is 0 Å². The maximum Gasteiger partial charge on any atom is 0.265 e. The number of nitrogen functional groups attached to an aromatic ring is 1. The quantitative estimate of drug-likeness (QED) is 0.240. The molecule has 0 saturated carbocycles. The Bertz CT molecular complexity index is 903. The van der Waals surface area contributed by atoms with Crippen molar-refractivity contribution in [3.05, 3.63) is 107 Å². The highest BCUT2D eigenvalue weighted by molar-refractivity contribution is 6.02. The van der Waals surface area contributed by atoms with Gasteiger partial charge in [0, 0.05) is 5.56 Å². The Labute approximate surface area is 157 Å². The van der Waals surface area contributed by atoms with Gasteiger partial charge in [0.05, 0.1) is 0 Å². The summed E-state index contributed by atoms with van der Waals surface area (Å²) in [7, 11) is 0. The van der Waals surface area contributed by atoms with Crippen molar-refractivity contribution < 1.29 is 9.59 Å². The van der Waals surface area contributed by atoms with Gasteiger partial charge < -0.3 is 0 Å². The third-order valence-corrected chi connectivity index (χ3v) is 4.59. The molecule has 0 aliphatic heterocycles. The van der Waals surface area contributed by atoms with Crippen LogP contribution in [0, 0.1) is 0 Å². The second kappa shape index (κ2) is 7.82. The molecule has 0 unspecified atom stereocenters. The third kappa shape index (κ3) is 3.08. The number of nitrogens with two attached hydrogens (primary N) is 2. The molecule has 0 radical (unpaired) electrons. The molecular weight excluding hydrogens is 340 g/mol. The number of benzene rings is 3. The largest absolute Gasteiger partial charge is 0.293 e. The van der Waals surface area contributed by atoms with Gasteiger partial charge in [-0.25, -0.2) is 11.7 Å². The maximum absolute atomic E-state index is 13.3. The van der Waals surface area contributed by atoms with Crippen molar-refractivity contribution in [3.8, 4) is 0 Å². The number of hydrazine groups is 2.